The quantitative estimate of drug-likeness (QED) is 0.450. The molecule has 6 nitrogen and oxygen atoms in total. The molecule has 0 radical (unpaired) electrons. The lowest BCUT2D eigenvalue weighted by molar-refractivity contribution is -0.122. The molecule has 3 rings (SSSR count). The summed E-state index contributed by atoms with van der Waals surface area (Å²) in [5, 5.41) is 2.21. The molecular weight excluding hydrogens is 424 g/mol. The molecular formula is C21H15BrN2O4. The molecule has 2 aromatic rings. The Balaban J connectivity index is 2.07. The lowest BCUT2D eigenvalue weighted by atomic mass is 10.1. The highest BCUT2D eigenvalue weighted by atomic mass is 79.9. The molecule has 0 saturated carbocycles. The van der Waals surface area contributed by atoms with Gasteiger partial charge in [0.25, 0.3) is 11.8 Å². The van der Waals surface area contributed by atoms with Crippen molar-refractivity contribution in [3.05, 3.63) is 63.6 Å². The van der Waals surface area contributed by atoms with Gasteiger partial charge in [-0.1, -0.05) is 40.0 Å². The Kier molecular flexibility index (Phi) is 5.62. The summed E-state index contributed by atoms with van der Waals surface area (Å²) in [6, 6.07) is 11.2. The normalized spacial score (nSPS) is 15.4. The lowest BCUT2D eigenvalue weighted by Gasteiger charge is -2.27. The Bertz CT molecular complexity index is 1050. The zero-order chi connectivity index (χ0) is 20.3. The van der Waals surface area contributed by atoms with Gasteiger partial charge in [-0.25, -0.2) is 9.69 Å². The van der Waals surface area contributed by atoms with Crippen LogP contribution in [-0.2, 0) is 9.59 Å². The number of aryl methyl sites for hydroxylation is 1. The highest BCUT2D eigenvalue weighted by Crippen LogP contribution is 2.29. The minimum absolute atomic E-state index is 0.0335. The Morgan fingerprint density at radius 2 is 1.96 bits per heavy atom. The van der Waals surface area contributed by atoms with E-state index < -0.39 is 17.8 Å². The van der Waals surface area contributed by atoms with Crippen LogP contribution in [0, 0.1) is 19.3 Å². The van der Waals surface area contributed by atoms with Crippen LogP contribution in [-0.4, -0.2) is 24.5 Å². The number of hydrogen-bond donors (Lipinski definition) is 1. The molecule has 1 saturated heterocycles. The molecule has 7 heteroatoms. The van der Waals surface area contributed by atoms with E-state index in [1.54, 1.807) is 49.4 Å². The minimum atomic E-state index is -0.792. The second kappa shape index (κ2) is 8.11. The van der Waals surface area contributed by atoms with Crippen molar-refractivity contribution in [1.29, 1.82) is 0 Å². The number of para-hydroxylation sites is 1. The maximum Gasteiger partial charge on any atom is 0.335 e. The van der Waals surface area contributed by atoms with Crippen molar-refractivity contribution in [2.45, 2.75) is 6.92 Å². The third-order valence-corrected chi connectivity index (χ3v) is 4.53. The van der Waals surface area contributed by atoms with Gasteiger partial charge in [0, 0.05) is 10.0 Å². The van der Waals surface area contributed by atoms with Crippen LogP contribution in [0.15, 0.2) is 52.5 Å². The summed E-state index contributed by atoms with van der Waals surface area (Å²) in [5.74, 6) is 1.28. The molecule has 0 atom stereocenters. The number of carbonyl (C=O) groups is 3. The molecule has 4 amide bonds. The third-order valence-electron chi connectivity index (χ3n) is 4.04. The molecule has 0 bridgehead atoms. The van der Waals surface area contributed by atoms with Crippen LogP contribution in [0.4, 0.5) is 10.5 Å². The van der Waals surface area contributed by atoms with Crippen LogP contribution in [0.2, 0.25) is 0 Å². The summed E-state index contributed by atoms with van der Waals surface area (Å²) < 4.78 is 6.20. The van der Waals surface area contributed by atoms with Gasteiger partial charge in [0.15, 0.2) is 0 Å². The number of nitrogens with zero attached hydrogens (tertiary/aromatic N) is 1. The van der Waals surface area contributed by atoms with E-state index in [1.807, 2.05) is 0 Å². The number of carbonyl (C=O) groups excluding carboxylic acids is 3. The summed E-state index contributed by atoms with van der Waals surface area (Å²) in [6.07, 6.45) is 6.62. The molecule has 1 aliphatic rings. The first-order valence-electron chi connectivity index (χ1n) is 8.25. The second-order valence-corrected chi connectivity index (χ2v) is 6.83. The topological polar surface area (TPSA) is 75.7 Å². The smallest absolute Gasteiger partial charge is 0.335 e. The van der Waals surface area contributed by atoms with Gasteiger partial charge in [0.1, 0.15) is 17.9 Å². The maximum absolute atomic E-state index is 13.0. The summed E-state index contributed by atoms with van der Waals surface area (Å²) in [4.78, 5) is 38.6. The molecule has 140 valence electrons. The average molecular weight is 439 g/mol. The fourth-order valence-corrected chi connectivity index (χ4v) is 3.11. The van der Waals surface area contributed by atoms with Crippen molar-refractivity contribution >= 4 is 45.5 Å². The number of halogens is 1. The van der Waals surface area contributed by atoms with E-state index in [1.165, 1.54) is 6.08 Å². The number of urea groups is 1. The molecule has 2 aromatic carbocycles. The van der Waals surface area contributed by atoms with Gasteiger partial charge < -0.3 is 4.74 Å². The summed E-state index contributed by atoms with van der Waals surface area (Å²) in [5.41, 5.74) is 1.41. The zero-order valence-corrected chi connectivity index (χ0v) is 16.4. The first kappa shape index (κ1) is 19.4. The highest BCUT2D eigenvalue weighted by Gasteiger charge is 2.37. The summed E-state index contributed by atoms with van der Waals surface area (Å²) in [6.45, 7) is 1.81. The van der Waals surface area contributed by atoms with Crippen LogP contribution in [0.1, 0.15) is 11.1 Å². The van der Waals surface area contributed by atoms with Crippen LogP contribution < -0.4 is 15.0 Å². The molecule has 1 heterocycles. The number of barbiturate groups is 1. The van der Waals surface area contributed by atoms with Gasteiger partial charge in [-0.3, -0.25) is 14.9 Å². The van der Waals surface area contributed by atoms with E-state index >= 15 is 0 Å². The average Bonchev–Trinajstić information content (AvgIpc) is 2.66. The third kappa shape index (κ3) is 3.82. The van der Waals surface area contributed by atoms with Crippen molar-refractivity contribution in [1.82, 2.24) is 5.32 Å². The van der Waals surface area contributed by atoms with Crippen LogP contribution >= 0.6 is 15.9 Å². The number of benzene rings is 2. The first-order valence-corrected chi connectivity index (χ1v) is 9.04. The van der Waals surface area contributed by atoms with Gasteiger partial charge in [0.05, 0.1) is 5.69 Å². The van der Waals surface area contributed by atoms with Gasteiger partial charge in [-0.2, -0.15) is 0 Å². The molecule has 1 fully saturated rings. The van der Waals surface area contributed by atoms with Crippen LogP contribution in [0.3, 0.4) is 0 Å². The van der Waals surface area contributed by atoms with Gasteiger partial charge in [-0.15, -0.1) is 6.42 Å². The zero-order valence-electron chi connectivity index (χ0n) is 14.9. The standard InChI is InChI=1S/C21H15BrN2O4/c1-3-10-28-18-9-8-15(22)11-14(18)12-16-19(25)23-21(27)24(20(16)26)17-7-5-4-6-13(17)2/h1,4-9,11-12H,10H2,2H3,(H,23,25,27). The monoisotopic (exact) mass is 438 g/mol. The SMILES string of the molecule is C#CCOc1ccc(Br)cc1C=C1C(=O)NC(=O)N(c2ccccc2C)C1=O. The minimum Gasteiger partial charge on any atom is -0.480 e. The first-order chi connectivity index (χ1) is 13.4. The van der Waals surface area contributed by atoms with Gasteiger partial charge in [0.2, 0.25) is 0 Å². The summed E-state index contributed by atoms with van der Waals surface area (Å²) in [7, 11) is 0. The maximum atomic E-state index is 13.0. The molecule has 0 aromatic heterocycles. The van der Waals surface area contributed by atoms with Gasteiger partial charge in [-0.05, 0) is 42.8 Å². The number of hydrogen-bond acceptors (Lipinski definition) is 4. The van der Waals surface area contributed by atoms with E-state index in [4.69, 9.17) is 11.2 Å². The number of anilines is 1. The second-order valence-electron chi connectivity index (χ2n) is 5.92. The Hall–Kier alpha value is -3.37. The summed E-state index contributed by atoms with van der Waals surface area (Å²) >= 11 is 3.35. The van der Waals surface area contributed by atoms with Crippen LogP contribution in [0.5, 0.6) is 5.75 Å². The lowest BCUT2D eigenvalue weighted by Crippen LogP contribution is -2.54. The van der Waals surface area contributed by atoms with E-state index in [0.29, 0.717) is 17.0 Å². The number of terminal acetylenes is 1. The number of amides is 4. The largest absolute Gasteiger partial charge is 0.480 e. The fraction of sp³-hybridized carbons (Fsp3) is 0.0952. The molecule has 1 aliphatic heterocycles. The predicted molar refractivity (Wildman–Crippen MR) is 109 cm³/mol. The van der Waals surface area contributed by atoms with Crippen molar-refractivity contribution in [2.75, 3.05) is 11.5 Å². The fourth-order valence-electron chi connectivity index (χ4n) is 2.73. The van der Waals surface area contributed by atoms with Crippen molar-refractivity contribution in [3.63, 3.8) is 0 Å². The van der Waals surface area contributed by atoms with E-state index in [0.717, 1.165) is 14.9 Å². The Labute approximate surface area is 170 Å². The number of nitrogens with one attached hydrogen (secondary N) is 1. The van der Waals surface area contributed by atoms with Crippen molar-refractivity contribution in [2.24, 2.45) is 0 Å². The van der Waals surface area contributed by atoms with Crippen LogP contribution in [0.25, 0.3) is 6.08 Å². The molecule has 1 N–H and O–H groups in total. The highest BCUT2D eigenvalue weighted by molar-refractivity contribution is 9.10. The Morgan fingerprint density at radius 1 is 1.21 bits per heavy atom. The molecule has 28 heavy (non-hydrogen) atoms. The molecule has 0 spiro atoms. The number of ether oxygens (including phenoxy) is 1. The van der Waals surface area contributed by atoms with E-state index in [-0.39, 0.29) is 12.2 Å². The van der Waals surface area contributed by atoms with Crippen molar-refractivity contribution < 1.29 is 19.1 Å². The molecule has 0 aliphatic carbocycles. The Morgan fingerprint density at radius 3 is 2.68 bits per heavy atom. The van der Waals surface area contributed by atoms with E-state index in [2.05, 4.69) is 27.2 Å². The predicted octanol–water partition coefficient (Wildman–Crippen LogP) is 3.44. The number of rotatable bonds is 4. The van der Waals surface area contributed by atoms with Crippen molar-refractivity contribution in [3.8, 4) is 18.1 Å². The number of imide groups is 2. The molecule has 0 unspecified atom stereocenters. The van der Waals surface area contributed by atoms with E-state index in [9.17, 15) is 14.4 Å². The van der Waals surface area contributed by atoms with Gasteiger partial charge >= 0.3 is 6.03 Å².